The summed E-state index contributed by atoms with van der Waals surface area (Å²) in [5.74, 6) is 0.433. The maximum absolute atomic E-state index is 11.8. The number of halogens is 2. The number of carboxylic acid groups (broad SMARTS) is 1. The van der Waals surface area contributed by atoms with E-state index in [1.165, 1.54) is 0 Å². The van der Waals surface area contributed by atoms with Crippen LogP contribution in [-0.4, -0.2) is 56.3 Å². The molecule has 30 heavy (non-hydrogen) atoms. The summed E-state index contributed by atoms with van der Waals surface area (Å²) in [6.07, 6.45) is 0.750. The Bertz CT molecular complexity index is 1140. The second-order valence-electron chi connectivity index (χ2n) is 7.40. The van der Waals surface area contributed by atoms with E-state index < -0.39 is 11.6 Å². The summed E-state index contributed by atoms with van der Waals surface area (Å²) in [6, 6.07) is 5.19. The summed E-state index contributed by atoms with van der Waals surface area (Å²) in [7, 11) is 0. The van der Waals surface area contributed by atoms with E-state index in [0.29, 0.717) is 70.5 Å². The van der Waals surface area contributed by atoms with Crippen LogP contribution in [0.3, 0.4) is 0 Å². The Hall–Kier alpha value is -2.91. The molecule has 1 saturated heterocycles. The topological polar surface area (TPSA) is 124 Å². The van der Waals surface area contributed by atoms with Crippen molar-refractivity contribution in [3.8, 4) is 11.3 Å². The molecule has 0 bridgehead atoms. The van der Waals surface area contributed by atoms with Crippen molar-refractivity contribution in [2.75, 3.05) is 18.0 Å². The molecule has 4 rings (SSSR count). The number of hydrogen-bond acceptors (Lipinski definition) is 6. The van der Waals surface area contributed by atoms with Gasteiger partial charge in [-0.2, -0.15) is 5.10 Å². The van der Waals surface area contributed by atoms with Gasteiger partial charge in [-0.3, -0.25) is 9.89 Å². The SMILES string of the molecule is CC1(NC(=O)O)CCN(c2nc3[nH]nc(-c4cccc(Cl)c4Cl)c3nc2C=O)CC1. The molecule has 9 nitrogen and oxygen atoms in total. The summed E-state index contributed by atoms with van der Waals surface area (Å²) in [5.41, 5.74) is 1.53. The molecule has 1 aromatic carbocycles. The third-order valence-electron chi connectivity index (χ3n) is 5.29. The summed E-state index contributed by atoms with van der Waals surface area (Å²) in [4.78, 5) is 33.8. The number of aldehydes is 1. The monoisotopic (exact) mass is 448 g/mol. The van der Waals surface area contributed by atoms with Crippen LogP contribution in [-0.2, 0) is 0 Å². The summed E-state index contributed by atoms with van der Waals surface area (Å²) >= 11 is 12.4. The average Bonchev–Trinajstić information content (AvgIpc) is 3.11. The van der Waals surface area contributed by atoms with E-state index in [0.717, 1.165) is 0 Å². The van der Waals surface area contributed by atoms with Crippen LogP contribution in [0.25, 0.3) is 22.4 Å². The van der Waals surface area contributed by atoms with Gasteiger partial charge in [-0.1, -0.05) is 35.3 Å². The molecule has 1 fully saturated rings. The average molecular weight is 449 g/mol. The minimum Gasteiger partial charge on any atom is -0.465 e. The third-order valence-corrected chi connectivity index (χ3v) is 6.11. The predicted octanol–water partition coefficient (Wildman–Crippen LogP) is 3.77. The number of aromatic nitrogens is 4. The zero-order valence-electron chi connectivity index (χ0n) is 15.9. The van der Waals surface area contributed by atoms with Crippen LogP contribution in [0.1, 0.15) is 30.3 Å². The maximum Gasteiger partial charge on any atom is 0.405 e. The number of carbonyl (C=O) groups excluding carboxylic acids is 1. The predicted molar refractivity (Wildman–Crippen MR) is 114 cm³/mol. The Kier molecular flexibility index (Phi) is 5.25. The van der Waals surface area contributed by atoms with E-state index in [1.54, 1.807) is 18.2 Å². The first-order valence-corrected chi connectivity index (χ1v) is 9.98. The first-order valence-electron chi connectivity index (χ1n) is 9.23. The van der Waals surface area contributed by atoms with E-state index in [4.69, 9.17) is 28.3 Å². The molecule has 0 radical (unpaired) electrons. The molecule has 1 aliphatic rings. The van der Waals surface area contributed by atoms with Crippen LogP contribution in [0.4, 0.5) is 10.6 Å². The Morgan fingerprint density at radius 2 is 2.03 bits per heavy atom. The number of nitrogens with one attached hydrogen (secondary N) is 2. The van der Waals surface area contributed by atoms with Gasteiger partial charge < -0.3 is 15.3 Å². The summed E-state index contributed by atoms with van der Waals surface area (Å²) in [6.45, 7) is 2.92. The van der Waals surface area contributed by atoms with E-state index >= 15 is 0 Å². The molecular formula is C19H18Cl2N6O3. The number of anilines is 1. The van der Waals surface area contributed by atoms with Crippen LogP contribution in [0.5, 0.6) is 0 Å². The second kappa shape index (κ2) is 7.73. The minimum absolute atomic E-state index is 0.179. The van der Waals surface area contributed by atoms with Crippen molar-refractivity contribution in [2.24, 2.45) is 0 Å². The largest absolute Gasteiger partial charge is 0.465 e. The summed E-state index contributed by atoms with van der Waals surface area (Å²) in [5, 5.41) is 19.4. The van der Waals surface area contributed by atoms with Crippen molar-refractivity contribution < 1.29 is 14.7 Å². The first kappa shape index (κ1) is 20.4. The molecule has 3 N–H and O–H groups in total. The molecule has 0 aliphatic carbocycles. The van der Waals surface area contributed by atoms with Gasteiger partial charge in [0.25, 0.3) is 0 Å². The van der Waals surface area contributed by atoms with Crippen LogP contribution in [0.2, 0.25) is 10.0 Å². The van der Waals surface area contributed by atoms with Crippen molar-refractivity contribution >= 4 is 52.6 Å². The van der Waals surface area contributed by atoms with E-state index in [1.807, 2.05) is 11.8 Å². The van der Waals surface area contributed by atoms with Gasteiger partial charge in [0.1, 0.15) is 16.9 Å². The Balaban J connectivity index is 1.69. The van der Waals surface area contributed by atoms with Crippen molar-refractivity contribution in [3.63, 3.8) is 0 Å². The minimum atomic E-state index is -1.05. The molecule has 11 heteroatoms. The highest BCUT2D eigenvalue weighted by Gasteiger charge is 2.33. The fourth-order valence-corrected chi connectivity index (χ4v) is 4.02. The molecule has 1 amide bonds. The van der Waals surface area contributed by atoms with Gasteiger partial charge in [-0.25, -0.2) is 14.8 Å². The number of piperidine rings is 1. The highest BCUT2D eigenvalue weighted by Crippen LogP contribution is 2.36. The van der Waals surface area contributed by atoms with Crippen LogP contribution >= 0.6 is 23.2 Å². The summed E-state index contributed by atoms with van der Waals surface area (Å²) < 4.78 is 0. The lowest BCUT2D eigenvalue weighted by Gasteiger charge is -2.39. The fourth-order valence-electron chi connectivity index (χ4n) is 3.63. The number of aromatic amines is 1. The number of H-pyrrole nitrogens is 1. The molecule has 0 atom stereocenters. The van der Waals surface area contributed by atoms with E-state index in [9.17, 15) is 9.59 Å². The van der Waals surface area contributed by atoms with Crippen molar-refractivity contribution in [1.82, 2.24) is 25.5 Å². The lowest BCUT2D eigenvalue weighted by atomic mass is 9.90. The number of nitrogens with zero attached hydrogens (tertiary/aromatic N) is 4. The number of hydrogen-bond donors (Lipinski definition) is 3. The van der Waals surface area contributed by atoms with Gasteiger partial charge in [0.2, 0.25) is 0 Å². The fraction of sp³-hybridized carbons (Fsp3) is 0.316. The molecular weight excluding hydrogens is 431 g/mol. The number of fused-ring (bicyclic) bond motifs is 1. The molecule has 3 aromatic rings. The number of benzene rings is 1. The maximum atomic E-state index is 11.8. The Morgan fingerprint density at radius 1 is 1.30 bits per heavy atom. The molecule has 0 spiro atoms. The molecule has 0 saturated carbocycles. The molecule has 156 valence electrons. The van der Waals surface area contributed by atoms with E-state index in [-0.39, 0.29) is 5.69 Å². The Labute approximate surface area is 181 Å². The van der Waals surface area contributed by atoms with Crippen molar-refractivity contribution in [2.45, 2.75) is 25.3 Å². The van der Waals surface area contributed by atoms with Gasteiger partial charge in [-0.15, -0.1) is 0 Å². The van der Waals surface area contributed by atoms with Gasteiger partial charge >= 0.3 is 6.09 Å². The smallest absolute Gasteiger partial charge is 0.405 e. The normalized spacial score (nSPS) is 15.9. The second-order valence-corrected chi connectivity index (χ2v) is 8.18. The standard InChI is InChI=1S/C19H18Cl2N6O3/c1-19(24-18(29)30)5-7-27(8-6-19)17-12(9-28)22-15-14(25-26-16(15)23-17)10-3-2-4-11(20)13(10)21/h2-4,9,24H,5-8H2,1H3,(H,29,30)(H,23,25,26). The van der Waals surface area contributed by atoms with Gasteiger partial charge in [-0.05, 0) is 25.8 Å². The zero-order valence-corrected chi connectivity index (χ0v) is 17.5. The van der Waals surface area contributed by atoms with Crippen molar-refractivity contribution in [1.29, 1.82) is 0 Å². The molecule has 1 aliphatic heterocycles. The highest BCUT2D eigenvalue weighted by atomic mass is 35.5. The number of carbonyl (C=O) groups is 2. The third kappa shape index (κ3) is 3.66. The molecule has 3 heterocycles. The van der Waals surface area contributed by atoms with Crippen LogP contribution in [0.15, 0.2) is 18.2 Å². The lowest BCUT2D eigenvalue weighted by Crippen LogP contribution is -2.53. The Morgan fingerprint density at radius 3 is 2.70 bits per heavy atom. The number of amides is 1. The van der Waals surface area contributed by atoms with Crippen LogP contribution in [0, 0.1) is 0 Å². The lowest BCUT2D eigenvalue weighted by molar-refractivity contribution is 0.111. The highest BCUT2D eigenvalue weighted by molar-refractivity contribution is 6.43. The van der Waals surface area contributed by atoms with Gasteiger partial charge in [0.05, 0.1) is 10.0 Å². The molecule has 0 unspecified atom stereocenters. The first-order chi connectivity index (χ1) is 14.3. The van der Waals surface area contributed by atoms with E-state index in [2.05, 4.69) is 25.5 Å². The van der Waals surface area contributed by atoms with Gasteiger partial charge in [0.15, 0.2) is 17.8 Å². The zero-order chi connectivity index (χ0) is 21.5. The van der Waals surface area contributed by atoms with Crippen LogP contribution < -0.4 is 10.2 Å². The number of rotatable bonds is 4. The van der Waals surface area contributed by atoms with Crippen molar-refractivity contribution in [3.05, 3.63) is 33.9 Å². The molecule has 2 aromatic heterocycles. The quantitative estimate of drug-likeness (QED) is 0.518. The van der Waals surface area contributed by atoms with Gasteiger partial charge in [0, 0.05) is 24.2 Å².